The third-order valence-electron chi connectivity index (χ3n) is 5.47. The molecule has 8 nitrogen and oxygen atoms in total. The van der Waals surface area contributed by atoms with E-state index in [9.17, 15) is 27.2 Å². The second kappa shape index (κ2) is 8.60. The zero-order valence-electron chi connectivity index (χ0n) is 17.4. The van der Waals surface area contributed by atoms with Gasteiger partial charge in [-0.05, 0) is 24.3 Å². The molecule has 0 atom stereocenters. The largest absolute Gasteiger partial charge is 0.431 e. The third kappa shape index (κ3) is 3.94. The van der Waals surface area contributed by atoms with Crippen molar-refractivity contribution < 1.29 is 22.4 Å². The molecule has 34 heavy (non-hydrogen) atoms. The third-order valence-corrected chi connectivity index (χ3v) is 5.76. The number of carbonyl (C=O) groups is 1. The lowest BCUT2D eigenvalue weighted by atomic mass is 10.1. The summed E-state index contributed by atoms with van der Waals surface area (Å²) in [7, 11) is 0. The number of rotatable bonds is 3. The predicted molar refractivity (Wildman–Crippen MR) is 119 cm³/mol. The molecule has 1 fully saturated rings. The Morgan fingerprint density at radius 1 is 1.18 bits per heavy atom. The second-order valence-electron chi connectivity index (χ2n) is 7.44. The fraction of sp³-hybridized carbons (Fsp3) is 0.238. The number of benzene rings is 1. The summed E-state index contributed by atoms with van der Waals surface area (Å²) in [6.45, 7) is 4.51. The van der Waals surface area contributed by atoms with Gasteiger partial charge in [0.05, 0.1) is 16.1 Å². The first-order chi connectivity index (χ1) is 16.0. The van der Waals surface area contributed by atoms with Crippen molar-refractivity contribution in [3.05, 3.63) is 64.1 Å². The van der Waals surface area contributed by atoms with Crippen LogP contribution in [0.3, 0.4) is 0 Å². The Hall–Kier alpha value is -3.67. The summed E-state index contributed by atoms with van der Waals surface area (Å²) in [5.41, 5.74) is 1.45. The zero-order chi connectivity index (χ0) is 24.8. The number of hydrogen-bond acceptors (Lipinski definition) is 6. The summed E-state index contributed by atoms with van der Waals surface area (Å²) in [5, 5.41) is -0.666. The number of halogens is 5. The molecule has 4 rings (SSSR count). The van der Waals surface area contributed by atoms with E-state index in [1.165, 1.54) is 11.0 Å². The highest BCUT2D eigenvalue weighted by atomic mass is 35.5. The minimum absolute atomic E-state index is 0.0880. The molecule has 3 aromatic rings. The van der Waals surface area contributed by atoms with E-state index in [1.54, 1.807) is 4.90 Å². The van der Waals surface area contributed by atoms with E-state index in [-0.39, 0.29) is 53.4 Å². The number of fused-ring (bicyclic) bond motifs is 1. The summed E-state index contributed by atoms with van der Waals surface area (Å²) in [4.78, 5) is 36.2. The molecule has 2 aromatic heterocycles. The lowest BCUT2D eigenvalue weighted by Crippen LogP contribution is -2.48. The van der Waals surface area contributed by atoms with Crippen molar-refractivity contribution in [3.63, 3.8) is 0 Å². The van der Waals surface area contributed by atoms with Crippen LogP contribution in [0, 0.1) is 5.82 Å². The maximum Gasteiger partial charge on any atom is 0.431 e. The highest BCUT2D eigenvalue weighted by Crippen LogP contribution is 2.36. The van der Waals surface area contributed by atoms with Gasteiger partial charge < -0.3 is 15.5 Å². The molecule has 178 valence electrons. The highest BCUT2D eigenvalue weighted by Gasteiger charge is 2.38. The standard InChI is InChI=1S/C21H17ClF4N6O2/c1-2-15(33)30-5-7-31(8-6-30)19-11-9-14(21(24,25)26)32(20(34)17(11)28-10-29-19)18-13(27)4-3-12(22)16(18)23/h2-4,9-10H,1,5-8,27H2. The van der Waals surface area contributed by atoms with E-state index >= 15 is 0 Å². The van der Waals surface area contributed by atoms with Gasteiger partial charge in [-0.2, -0.15) is 13.2 Å². The van der Waals surface area contributed by atoms with E-state index < -0.39 is 39.6 Å². The molecule has 0 unspecified atom stereocenters. The van der Waals surface area contributed by atoms with Gasteiger partial charge in [-0.25, -0.2) is 14.4 Å². The van der Waals surface area contributed by atoms with Gasteiger partial charge in [-0.15, -0.1) is 0 Å². The number of aromatic nitrogens is 3. The predicted octanol–water partition coefficient (Wildman–Crippen LogP) is 3.01. The van der Waals surface area contributed by atoms with Crippen LogP contribution < -0.4 is 16.2 Å². The Labute approximate surface area is 194 Å². The maximum atomic E-state index is 14.8. The first-order valence-electron chi connectivity index (χ1n) is 9.92. The van der Waals surface area contributed by atoms with Crippen LogP contribution >= 0.6 is 11.6 Å². The molecule has 0 saturated carbocycles. The van der Waals surface area contributed by atoms with E-state index in [1.807, 2.05) is 0 Å². The van der Waals surface area contributed by atoms with Crippen LogP contribution in [0.4, 0.5) is 29.1 Å². The Morgan fingerprint density at radius 2 is 1.85 bits per heavy atom. The summed E-state index contributed by atoms with van der Waals surface area (Å²) >= 11 is 5.75. The van der Waals surface area contributed by atoms with Crippen molar-refractivity contribution in [1.82, 2.24) is 19.4 Å². The quantitative estimate of drug-likeness (QED) is 0.340. The fourth-order valence-corrected chi connectivity index (χ4v) is 3.99. The molecule has 1 aliphatic heterocycles. The Kier molecular flexibility index (Phi) is 5.94. The van der Waals surface area contributed by atoms with Crippen LogP contribution in [-0.4, -0.2) is 51.5 Å². The number of piperazine rings is 1. The molecule has 1 aliphatic rings. The van der Waals surface area contributed by atoms with Crippen LogP contribution in [0.1, 0.15) is 5.69 Å². The Bertz CT molecular complexity index is 1370. The minimum Gasteiger partial charge on any atom is -0.397 e. The normalized spacial score (nSPS) is 14.5. The topological polar surface area (TPSA) is 97.4 Å². The number of hydrogen-bond donors (Lipinski definition) is 1. The molecule has 1 saturated heterocycles. The minimum atomic E-state index is -5.06. The molecule has 13 heteroatoms. The van der Waals surface area contributed by atoms with Gasteiger partial charge in [-0.3, -0.25) is 14.2 Å². The molecule has 1 amide bonds. The summed E-state index contributed by atoms with van der Waals surface area (Å²) in [6.07, 6.45) is -2.85. The van der Waals surface area contributed by atoms with E-state index in [0.29, 0.717) is 6.07 Å². The molecule has 0 aliphatic carbocycles. The lowest BCUT2D eigenvalue weighted by Gasteiger charge is -2.35. The van der Waals surface area contributed by atoms with Crippen LogP contribution in [-0.2, 0) is 11.0 Å². The summed E-state index contributed by atoms with van der Waals surface area (Å²) < 4.78 is 57.2. The SMILES string of the molecule is C=CC(=O)N1CCN(c2ncnc3c(=O)n(-c4c(N)ccc(Cl)c4F)c(C(F)(F)F)cc23)CC1. The Morgan fingerprint density at radius 3 is 2.47 bits per heavy atom. The van der Waals surface area contributed by atoms with Gasteiger partial charge in [0.2, 0.25) is 5.91 Å². The molecule has 1 aromatic carbocycles. The van der Waals surface area contributed by atoms with Crippen molar-refractivity contribution in [1.29, 1.82) is 0 Å². The van der Waals surface area contributed by atoms with Crippen molar-refractivity contribution in [2.45, 2.75) is 6.18 Å². The molecule has 2 N–H and O–H groups in total. The maximum absolute atomic E-state index is 14.8. The van der Waals surface area contributed by atoms with Gasteiger partial charge in [-0.1, -0.05) is 18.2 Å². The molecule has 0 spiro atoms. The molecular formula is C21H17ClF4N6O2. The number of amides is 1. The molecular weight excluding hydrogens is 480 g/mol. The first-order valence-corrected chi connectivity index (χ1v) is 10.3. The number of carbonyl (C=O) groups excluding carboxylic acids is 1. The van der Waals surface area contributed by atoms with Gasteiger partial charge >= 0.3 is 6.18 Å². The van der Waals surface area contributed by atoms with E-state index in [0.717, 1.165) is 18.5 Å². The number of nitrogens with zero attached hydrogens (tertiary/aromatic N) is 5. The van der Waals surface area contributed by atoms with E-state index in [4.69, 9.17) is 17.3 Å². The molecule has 0 radical (unpaired) electrons. The van der Waals surface area contributed by atoms with Crippen LogP contribution in [0.5, 0.6) is 0 Å². The van der Waals surface area contributed by atoms with Gasteiger partial charge in [0.15, 0.2) is 5.82 Å². The van der Waals surface area contributed by atoms with Crippen molar-refractivity contribution in [2.24, 2.45) is 0 Å². The highest BCUT2D eigenvalue weighted by molar-refractivity contribution is 6.31. The summed E-state index contributed by atoms with van der Waals surface area (Å²) in [5.74, 6) is -1.45. The average Bonchev–Trinajstić information content (AvgIpc) is 2.81. The van der Waals surface area contributed by atoms with Crippen LogP contribution in [0.2, 0.25) is 5.02 Å². The molecule has 3 heterocycles. The second-order valence-corrected chi connectivity index (χ2v) is 7.85. The monoisotopic (exact) mass is 496 g/mol. The average molecular weight is 497 g/mol. The number of anilines is 2. The van der Waals surface area contributed by atoms with Gasteiger partial charge in [0.25, 0.3) is 5.56 Å². The van der Waals surface area contributed by atoms with Crippen molar-refractivity contribution >= 4 is 39.9 Å². The van der Waals surface area contributed by atoms with Crippen LogP contribution in [0.25, 0.3) is 16.6 Å². The van der Waals surface area contributed by atoms with Crippen molar-refractivity contribution in [3.8, 4) is 5.69 Å². The Balaban J connectivity index is 1.93. The van der Waals surface area contributed by atoms with Gasteiger partial charge in [0, 0.05) is 26.2 Å². The lowest BCUT2D eigenvalue weighted by molar-refractivity contribution is -0.142. The zero-order valence-corrected chi connectivity index (χ0v) is 18.2. The smallest absolute Gasteiger partial charge is 0.397 e. The number of pyridine rings is 1. The van der Waals surface area contributed by atoms with Crippen molar-refractivity contribution in [2.75, 3.05) is 36.8 Å². The number of nitrogens with two attached hydrogens (primary N) is 1. The number of alkyl halides is 3. The van der Waals surface area contributed by atoms with E-state index in [2.05, 4.69) is 16.5 Å². The first kappa shape index (κ1) is 23.5. The van der Waals surface area contributed by atoms with Gasteiger partial charge in [0.1, 0.15) is 29.0 Å². The molecule has 0 bridgehead atoms. The van der Waals surface area contributed by atoms with Crippen LogP contribution in [0.15, 0.2) is 42.0 Å². The summed E-state index contributed by atoms with van der Waals surface area (Å²) in [6, 6.07) is 2.87. The fourth-order valence-electron chi connectivity index (χ4n) is 3.84. The number of nitrogen functional groups attached to an aromatic ring is 1.